The first-order chi connectivity index (χ1) is 15.1. The van der Waals surface area contributed by atoms with Crippen molar-refractivity contribution in [2.24, 2.45) is 0 Å². The zero-order valence-electron chi connectivity index (χ0n) is 16.8. The lowest BCUT2D eigenvalue weighted by molar-refractivity contribution is -0.385. The molecule has 1 heterocycles. The van der Waals surface area contributed by atoms with Crippen LogP contribution in [0.25, 0.3) is 0 Å². The Morgan fingerprint density at radius 2 is 1.78 bits per heavy atom. The summed E-state index contributed by atoms with van der Waals surface area (Å²) in [6.45, 7) is 1.96. The molecule has 0 aliphatic carbocycles. The zero-order valence-corrected chi connectivity index (χ0v) is 16.8. The van der Waals surface area contributed by atoms with E-state index < -0.39 is 22.4 Å². The van der Waals surface area contributed by atoms with Gasteiger partial charge in [-0.15, -0.1) is 0 Å². The van der Waals surface area contributed by atoms with Gasteiger partial charge in [0.15, 0.2) is 0 Å². The summed E-state index contributed by atoms with van der Waals surface area (Å²) in [6, 6.07) is 15.6. The molecule has 0 saturated carbocycles. The fraction of sp³-hybridized carbons (Fsp3) is 0.174. The van der Waals surface area contributed by atoms with Crippen molar-refractivity contribution in [1.82, 2.24) is 0 Å². The van der Waals surface area contributed by atoms with E-state index in [-0.39, 0.29) is 23.4 Å². The number of hydrogen-bond acceptors (Lipinski definition) is 4. The number of benzene rings is 3. The van der Waals surface area contributed by atoms with Crippen molar-refractivity contribution >= 4 is 17.3 Å². The Morgan fingerprint density at radius 1 is 1.09 bits per heavy atom. The van der Waals surface area contributed by atoms with Crippen molar-refractivity contribution in [3.8, 4) is 11.5 Å². The van der Waals surface area contributed by atoms with E-state index in [2.05, 4.69) is 0 Å². The molecule has 0 spiro atoms. The second-order valence-corrected chi connectivity index (χ2v) is 7.42. The Kier molecular flexibility index (Phi) is 5.33. The van der Waals surface area contributed by atoms with E-state index in [1.165, 1.54) is 24.3 Å². The number of para-hydroxylation sites is 1. The first-order valence-electron chi connectivity index (χ1n) is 9.70. The number of carbonyl (C=O) groups excluding carboxylic acids is 1. The molecule has 164 valence electrons. The van der Waals surface area contributed by atoms with Gasteiger partial charge in [-0.2, -0.15) is 13.2 Å². The topological polar surface area (TPSA) is 72.7 Å². The largest absolute Gasteiger partial charge is 0.450 e. The van der Waals surface area contributed by atoms with E-state index in [0.29, 0.717) is 17.7 Å². The fourth-order valence-electron chi connectivity index (χ4n) is 3.73. The summed E-state index contributed by atoms with van der Waals surface area (Å²) in [4.78, 5) is 25.1. The molecular weight excluding hydrogens is 425 g/mol. The van der Waals surface area contributed by atoms with E-state index in [0.717, 1.165) is 23.7 Å². The van der Waals surface area contributed by atoms with Crippen molar-refractivity contribution in [2.45, 2.75) is 25.6 Å². The van der Waals surface area contributed by atoms with Crippen LogP contribution < -0.4 is 9.64 Å². The van der Waals surface area contributed by atoms with Gasteiger partial charge in [0.2, 0.25) is 5.75 Å². The molecule has 3 aromatic carbocycles. The summed E-state index contributed by atoms with van der Waals surface area (Å²) >= 11 is 0. The Labute approximate surface area is 181 Å². The maximum absolute atomic E-state index is 13.1. The van der Waals surface area contributed by atoms with E-state index in [4.69, 9.17) is 4.74 Å². The normalized spacial score (nSPS) is 15.4. The molecule has 0 bridgehead atoms. The highest BCUT2D eigenvalue weighted by atomic mass is 19.4. The predicted molar refractivity (Wildman–Crippen MR) is 111 cm³/mol. The number of ether oxygens (including phenoxy) is 1. The molecule has 9 heteroatoms. The van der Waals surface area contributed by atoms with Crippen LogP contribution in [0.1, 0.15) is 28.4 Å². The van der Waals surface area contributed by atoms with Gasteiger partial charge in [-0.05, 0) is 61.4 Å². The van der Waals surface area contributed by atoms with Gasteiger partial charge < -0.3 is 9.64 Å². The lowest BCUT2D eigenvalue weighted by Crippen LogP contribution is -2.35. The molecule has 6 nitrogen and oxygen atoms in total. The van der Waals surface area contributed by atoms with E-state index in [1.54, 1.807) is 4.90 Å². The first-order valence-corrected chi connectivity index (χ1v) is 9.70. The SMILES string of the molecule is C[C@H]1Cc2ccccc2N1C(=O)c1ccc(Oc2ccc(C(F)(F)F)cc2[N+](=O)[O-])cc1. The molecule has 0 saturated heterocycles. The van der Waals surface area contributed by atoms with Gasteiger partial charge in [-0.1, -0.05) is 18.2 Å². The quantitative estimate of drug-likeness (QED) is 0.367. The van der Waals surface area contributed by atoms with Crippen LogP contribution in [0.4, 0.5) is 24.5 Å². The molecule has 1 aliphatic rings. The number of anilines is 1. The number of fused-ring (bicyclic) bond motifs is 1. The smallest absolute Gasteiger partial charge is 0.416 e. The van der Waals surface area contributed by atoms with Gasteiger partial charge in [0, 0.05) is 23.4 Å². The minimum atomic E-state index is -4.71. The van der Waals surface area contributed by atoms with Crippen LogP contribution in [-0.2, 0) is 12.6 Å². The number of rotatable bonds is 4. The molecule has 32 heavy (non-hydrogen) atoms. The highest BCUT2D eigenvalue weighted by Crippen LogP contribution is 2.38. The van der Waals surface area contributed by atoms with Gasteiger partial charge in [0.05, 0.1) is 10.5 Å². The van der Waals surface area contributed by atoms with Crippen molar-refractivity contribution in [3.63, 3.8) is 0 Å². The summed E-state index contributed by atoms with van der Waals surface area (Å²) < 4.78 is 44.0. The number of hydrogen-bond donors (Lipinski definition) is 0. The Balaban J connectivity index is 1.56. The van der Waals surface area contributed by atoms with Crippen LogP contribution in [0.3, 0.4) is 0 Å². The summed E-state index contributed by atoms with van der Waals surface area (Å²) in [5, 5.41) is 11.2. The number of nitro groups is 1. The molecule has 1 aliphatic heterocycles. The Hall–Kier alpha value is -3.88. The lowest BCUT2D eigenvalue weighted by atomic mass is 10.1. The van der Waals surface area contributed by atoms with Crippen molar-refractivity contribution in [1.29, 1.82) is 0 Å². The van der Waals surface area contributed by atoms with E-state index in [9.17, 15) is 28.1 Å². The van der Waals surface area contributed by atoms with Gasteiger partial charge >= 0.3 is 11.9 Å². The van der Waals surface area contributed by atoms with Crippen molar-refractivity contribution in [2.75, 3.05) is 4.90 Å². The third-order valence-corrected chi connectivity index (χ3v) is 5.24. The molecule has 0 N–H and O–H groups in total. The standard InChI is InChI=1S/C23H17F3N2O4/c1-14-12-16-4-2-3-5-19(16)27(14)22(29)15-6-9-18(10-7-15)32-21-11-8-17(23(24,25)26)13-20(21)28(30)31/h2-11,13-14H,12H2,1H3/t14-/m0/s1. The monoisotopic (exact) mass is 442 g/mol. The molecule has 0 unspecified atom stereocenters. The lowest BCUT2D eigenvalue weighted by Gasteiger charge is -2.23. The Bertz CT molecular complexity index is 1190. The third kappa shape index (κ3) is 4.01. The average Bonchev–Trinajstić information content (AvgIpc) is 3.08. The number of nitro benzene ring substituents is 1. The molecule has 1 amide bonds. The predicted octanol–water partition coefficient (Wildman–Crippen LogP) is 6.00. The number of amides is 1. The van der Waals surface area contributed by atoms with Crippen molar-refractivity contribution in [3.05, 3.63) is 93.5 Å². The maximum Gasteiger partial charge on any atom is 0.416 e. The van der Waals surface area contributed by atoms with Crippen LogP contribution in [0.2, 0.25) is 0 Å². The van der Waals surface area contributed by atoms with Crippen molar-refractivity contribution < 1.29 is 27.6 Å². The molecular formula is C23H17F3N2O4. The molecule has 0 radical (unpaired) electrons. The maximum atomic E-state index is 13.1. The van der Waals surface area contributed by atoms with E-state index in [1.807, 2.05) is 31.2 Å². The molecule has 4 rings (SSSR count). The van der Waals surface area contributed by atoms with Gasteiger partial charge in [0.1, 0.15) is 5.75 Å². The third-order valence-electron chi connectivity index (χ3n) is 5.24. The average molecular weight is 442 g/mol. The van der Waals surface area contributed by atoms with Crippen LogP contribution in [-0.4, -0.2) is 16.9 Å². The van der Waals surface area contributed by atoms with Crippen LogP contribution in [0.15, 0.2) is 66.7 Å². The minimum Gasteiger partial charge on any atom is -0.450 e. The number of carbonyl (C=O) groups is 1. The zero-order chi connectivity index (χ0) is 23.0. The van der Waals surface area contributed by atoms with E-state index >= 15 is 0 Å². The number of nitrogens with zero attached hydrogens (tertiary/aromatic N) is 2. The highest BCUT2D eigenvalue weighted by Gasteiger charge is 2.34. The van der Waals surface area contributed by atoms with Gasteiger partial charge in [-0.25, -0.2) is 0 Å². The minimum absolute atomic E-state index is 0.00868. The second-order valence-electron chi connectivity index (χ2n) is 7.42. The van der Waals surface area contributed by atoms with Crippen LogP contribution in [0.5, 0.6) is 11.5 Å². The molecule has 0 fully saturated rings. The number of halogens is 3. The van der Waals surface area contributed by atoms with Crippen LogP contribution in [0, 0.1) is 10.1 Å². The number of alkyl halides is 3. The summed E-state index contributed by atoms with van der Waals surface area (Å²) in [5.41, 5.74) is 0.386. The second kappa shape index (κ2) is 7.99. The molecule has 0 aromatic heterocycles. The fourth-order valence-corrected chi connectivity index (χ4v) is 3.73. The first kappa shape index (κ1) is 21.4. The summed E-state index contributed by atoms with van der Waals surface area (Å²) in [5.74, 6) is -0.377. The van der Waals surface area contributed by atoms with Crippen LogP contribution >= 0.6 is 0 Å². The highest BCUT2D eigenvalue weighted by molar-refractivity contribution is 6.07. The molecule has 1 atom stereocenters. The van der Waals surface area contributed by atoms with Gasteiger partial charge in [-0.3, -0.25) is 14.9 Å². The van der Waals surface area contributed by atoms with Gasteiger partial charge in [0.25, 0.3) is 5.91 Å². The molecule has 3 aromatic rings. The summed E-state index contributed by atoms with van der Waals surface area (Å²) in [6.07, 6.45) is -3.96. The summed E-state index contributed by atoms with van der Waals surface area (Å²) in [7, 11) is 0. The Morgan fingerprint density at radius 3 is 2.44 bits per heavy atom.